The van der Waals surface area contributed by atoms with Gasteiger partial charge in [-0.2, -0.15) is 0 Å². The van der Waals surface area contributed by atoms with E-state index in [0.717, 1.165) is 11.8 Å². The molecule has 0 unspecified atom stereocenters. The first-order valence-electron chi connectivity index (χ1n) is 3.59. The van der Waals surface area contributed by atoms with E-state index in [1.54, 1.807) is 6.07 Å². The van der Waals surface area contributed by atoms with E-state index in [1.807, 2.05) is 5.38 Å². The number of hydrogen-bond acceptors (Lipinski definition) is 3. The molecule has 0 saturated heterocycles. The maximum absolute atomic E-state index is 10.3. The molecule has 0 saturated carbocycles. The van der Waals surface area contributed by atoms with E-state index in [4.69, 9.17) is 5.73 Å². The summed E-state index contributed by atoms with van der Waals surface area (Å²) in [6, 6.07) is 1.78. The van der Waals surface area contributed by atoms with Crippen LogP contribution in [-0.2, 0) is 0 Å². The highest BCUT2D eigenvalue weighted by molar-refractivity contribution is 7.11. The zero-order chi connectivity index (χ0) is 8.81. The fourth-order valence-electron chi connectivity index (χ4n) is 0.717. The van der Waals surface area contributed by atoms with Crippen LogP contribution in [0.25, 0.3) is 0 Å². The van der Waals surface area contributed by atoms with Gasteiger partial charge >= 0.3 is 0 Å². The van der Waals surface area contributed by atoms with Crippen LogP contribution in [0.2, 0.25) is 0 Å². The molecule has 0 fully saturated rings. The van der Waals surface area contributed by atoms with E-state index < -0.39 is 0 Å². The lowest BCUT2D eigenvalue weighted by Gasteiger charge is -1.78. The number of rotatable bonds is 2. The monoisotopic (exact) mass is 179 g/mol. The Balaban J connectivity index is 2.65. The van der Waals surface area contributed by atoms with Crippen molar-refractivity contribution in [3.8, 4) is 11.8 Å². The molecule has 62 valence electrons. The van der Waals surface area contributed by atoms with E-state index in [2.05, 4.69) is 11.8 Å². The third-order valence-electron chi connectivity index (χ3n) is 1.24. The van der Waals surface area contributed by atoms with Crippen molar-refractivity contribution in [3.05, 3.63) is 21.9 Å². The van der Waals surface area contributed by atoms with Crippen LogP contribution in [0, 0.1) is 11.8 Å². The molecule has 0 aliphatic heterocycles. The molecule has 2 nitrogen and oxygen atoms in total. The first-order chi connectivity index (χ1) is 5.86. The van der Waals surface area contributed by atoms with Gasteiger partial charge in [0, 0.05) is 23.9 Å². The van der Waals surface area contributed by atoms with Crippen molar-refractivity contribution in [1.82, 2.24) is 0 Å². The normalized spacial score (nSPS) is 8.75. The topological polar surface area (TPSA) is 43.1 Å². The van der Waals surface area contributed by atoms with Crippen molar-refractivity contribution < 1.29 is 4.79 Å². The van der Waals surface area contributed by atoms with Crippen molar-refractivity contribution in [1.29, 1.82) is 0 Å². The molecule has 0 atom stereocenters. The van der Waals surface area contributed by atoms with Crippen LogP contribution in [0.3, 0.4) is 0 Å². The smallest absolute Gasteiger partial charge is 0.160 e. The van der Waals surface area contributed by atoms with Gasteiger partial charge in [-0.25, -0.2) is 0 Å². The number of hydrogen-bond donors (Lipinski definition) is 1. The zero-order valence-electron chi connectivity index (χ0n) is 6.54. The SMILES string of the molecule is NCCC#Cc1csc(C=O)c1. The lowest BCUT2D eigenvalue weighted by atomic mass is 10.3. The van der Waals surface area contributed by atoms with Gasteiger partial charge in [0.1, 0.15) is 0 Å². The minimum atomic E-state index is 0.581. The fraction of sp³-hybridized carbons (Fsp3) is 0.222. The number of aldehydes is 1. The molecular weight excluding hydrogens is 170 g/mol. The molecule has 0 aliphatic rings. The van der Waals surface area contributed by atoms with Crippen LogP contribution in [0.1, 0.15) is 21.7 Å². The number of thiophene rings is 1. The largest absolute Gasteiger partial charge is 0.330 e. The third-order valence-corrected chi connectivity index (χ3v) is 2.10. The van der Waals surface area contributed by atoms with Crippen LogP contribution in [0.5, 0.6) is 0 Å². The van der Waals surface area contributed by atoms with Gasteiger partial charge in [0.2, 0.25) is 0 Å². The lowest BCUT2D eigenvalue weighted by Crippen LogP contribution is -1.95. The van der Waals surface area contributed by atoms with Crippen molar-refractivity contribution in [2.75, 3.05) is 6.54 Å². The maximum Gasteiger partial charge on any atom is 0.160 e. The Bertz CT molecular complexity index is 319. The molecule has 1 heterocycles. The molecule has 0 bridgehead atoms. The van der Waals surface area contributed by atoms with Crippen LogP contribution in [-0.4, -0.2) is 12.8 Å². The summed E-state index contributed by atoms with van der Waals surface area (Å²) in [5.41, 5.74) is 6.17. The van der Waals surface area contributed by atoms with Crippen molar-refractivity contribution in [3.63, 3.8) is 0 Å². The Hall–Kier alpha value is -1.11. The molecule has 0 radical (unpaired) electrons. The summed E-state index contributed by atoms with van der Waals surface area (Å²) >= 11 is 1.41. The average Bonchev–Trinajstić information content (AvgIpc) is 2.53. The summed E-state index contributed by atoms with van der Waals surface area (Å²) in [7, 11) is 0. The van der Waals surface area contributed by atoms with Crippen LogP contribution >= 0.6 is 11.3 Å². The predicted octanol–water partition coefficient (Wildman–Crippen LogP) is 1.26. The van der Waals surface area contributed by atoms with E-state index in [9.17, 15) is 4.79 Å². The Labute approximate surface area is 75.4 Å². The molecular formula is C9H9NOS. The van der Waals surface area contributed by atoms with Gasteiger partial charge < -0.3 is 5.73 Å². The third kappa shape index (κ3) is 2.50. The number of nitrogens with two attached hydrogens (primary N) is 1. The molecule has 3 heteroatoms. The van der Waals surface area contributed by atoms with Crippen LogP contribution in [0.4, 0.5) is 0 Å². The molecule has 0 aliphatic carbocycles. The van der Waals surface area contributed by atoms with Gasteiger partial charge in [-0.1, -0.05) is 11.8 Å². The molecule has 1 rings (SSSR count). The first kappa shape index (κ1) is 8.98. The lowest BCUT2D eigenvalue weighted by molar-refractivity contribution is 0.112. The van der Waals surface area contributed by atoms with E-state index in [1.165, 1.54) is 11.3 Å². The van der Waals surface area contributed by atoms with Gasteiger partial charge in [-0.3, -0.25) is 4.79 Å². The highest BCUT2D eigenvalue weighted by Gasteiger charge is 1.93. The Kier molecular flexibility index (Phi) is 3.52. The summed E-state index contributed by atoms with van der Waals surface area (Å²) in [5.74, 6) is 5.83. The summed E-state index contributed by atoms with van der Waals surface area (Å²) in [6.07, 6.45) is 1.53. The van der Waals surface area contributed by atoms with Gasteiger partial charge in [0.15, 0.2) is 6.29 Å². The minimum Gasteiger partial charge on any atom is -0.330 e. The Morgan fingerprint density at radius 1 is 1.67 bits per heavy atom. The number of carbonyl (C=O) groups excluding carboxylic acids is 1. The molecule has 12 heavy (non-hydrogen) atoms. The quantitative estimate of drug-likeness (QED) is 0.548. The molecule has 0 amide bonds. The van der Waals surface area contributed by atoms with Crippen LogP contribution < -0.4 is 5.73 Å². The van der Waals surface area contributed by atoms with Crippen LogP contribution in [0.15, 0.2) is 11.4 Å². The maximum atomic E-state index is 10.3. The second-order valence-corrected chi connectivity index (χ2v) is 3.14. The zero-order valence-corrected chi connectivity index (χ0v) is 7.36. The van der Waals surface area contributed by atoms with Gasteiger partial charge in [0.05, 0.1) is 4.88 Å². The molecule has 0 aromatic carbocycles. The van der Waals surface area contributed by atoms with E-state index in [-0.39, 0.29) is 0 Å². The van der Waals surface area contributed by atoms with Crippen molar-refractivity contribution >= 4 is 17.6 Å². The summed E-state index contributed by atoms with van der Waals surface area (Å²) in [5, 5.41) is 1.87. The number of carbonyl (C=O) groups is 1. The fourth-order valence-corrected chi connectivity index (χ4v) is 1.36. The molecule has 0 spiro atoms. The van der Waals surface area contributed by atoms with Gasteiger partial charge in [-0.15, -0.1) is 11.3 Å². The van der Waals surface area contributed by atoms with Crippen molar-refractivity contribution in [2.45, 2.75) is 6.42 Å². The summed E-state index contributed by atoms with van der Waals surface area (Å²) in [4.78, 5) is 11.0. The van der Waals surface area contributed by atoms with Crippen molar-refractivity contribution in [2.24, 2.45) is 5.73 Å². The molecule has 1 aromatic heterocycles. The standard InChI is InChI=1S/C9H9NOS/c10-4-2-1-3-8-5-9(6-11)12-7-8/h5-7H,2,4,10H2. The first-order valence-corrected chi connectivity index (χ1v) is 4.47. The second-order valence-electron chi connectivity index (χ2n) is 2.20. The van der Waals surface area contributed by atoms with Gasteiger partial charge in [-0.05, 0) is 6.07 Å². The van der Waals surface area contributed by atoms with E-state index >= 15 is 0 Å². The molecule has 1 aromatic rings. The minimum absolute atomic E-state index is 0.581. The Morgan fingerprint density at radius 3 is 3.08 bits per heavy atom. The highest BCUT2D eigenvalue weighted by atomic mass is 32.1. The predicted molar refractivity (Wildman–Crippen MR) is 50.3 cm³/mol. The highest BCUT2D eigenvalue weighted by Crippen LogP contribution is 2.10. The summed E-state index contributed by atoms with van der Waals surface area (Å²) in [6.45, 7) is 0.581. The molecule has 2 N–H and O–H groups in total. The Morgan fingerprint density at radius 2 is 2.50 bits per heavy atom. The average molecular weight is 179 g/mol. The van der Waals surface area contributed by atoms with Gasteiger partial charge in [0.25, 0.3) is 0 Å². The summed E-state index contributed by atoms with van der Waals surface area (Å²) < 4.78 is 0. The second kappa shape index (κ2) is 4.70. The van der Waals surface area contributed by atoms with E-state index in [0.29, 0.717) is 17.8 Å².